The second kappa shape index (κ2) is 18.4. The van der Waals surface area contributed by atoms with E-state index in [1.54, 1.807) is 34.1 Å². The zero-order valence-corrected chi connectivity index (χ0v) is 36.2. The highest BCUT2D eigenvalue weighted by Crippen LogP contribution is 2.46. The fourth-order valence-corrected chi connectivity index (χ4v) is 10.9. The Kier molecular flexibility index (Phi) is 13.4. The number of nitriles is 2. The highest BCUT2D eigenvalue weighted by Gasteiger charge is 2.55. The van der Waals surface area contributed by atoms with Crippen LogP contribution in [0.4, 0.5) is 8.78 Å². The van der Waals surface area contributed by atoms with Crippen molar-refractivity contribution < 1.29 is 28.0 Å². The van der Waals surface area contributed by atoms with Gasteiger partial charge in [-0.3, -0.25) is 29.0 Å². The molecule has 0 aromatic heterocycles. The van der Waals surface area contributed by atoms with Crippen LogP contribution in [0.3, 0.4) is 0 Å². The molecule has 14 nitrogen and oxygen atoms in total. The van der Waals surface area contributed by atoms with Crippen molar-refractivity contribution in [3.8, 4) is 12.1 Å². The normalized spacial score (nSPS) is 27.8. The quantitative estimate of drug-likeness (QED) is 0.339. The smallest absolute Gasteiger partial charge is 0.241 e. The third-order valence-corrected chi connectivity index (χ3v) is 13.8. The minimum atomic E-state index is -0.750. The summed E-state index contributed by atoms with van der Waals surface area (Å²) in [6.45, 7) is 11.4. The van der Waals surface area contributed by atoms with Gasteiger partial charge >= 0.3 is 0 Å². The molecule has 0 aliphatic carbocycles. The Balaban J connectivity index is 0.000000187. The molecule has 0 unspecified atom stereocenters. The first kappa shape index (κ1) is 45.0. The first-order chi connectivity index (χ1) is 29.6. The number of halogens is 2. The van der Waals surface area contributed by atoms with Gasteiger partial charge in [0.2, 0.25) is 23.6 Å². The predicted molar refractivity (Wildman–Crippen MR) is 226 cm³/mol. The van der Waals surface area contributed by atoms with Gasteiger partial charge in [0.05, 0.1) is 48.4 Å². The molecule has 4 amide bonds. The number of rotatable bonds is 11. The largest absolute Gasteiger partial charge is 0.330 e. The van der Waals surface area contributed by atoms with Gasteiger partial charge < -0.3 is 31.1 Å². The Morgan fingerprint density at radius 2 is 1.15 bits per heavy atom. The summed E-state index contributed by atoms with van der Waals surface area (Å²) >= 11 is 0. The summed E-state index contributed by atoms with van der Waals surface area (Å²) in [5, 5.41) is 18.5. The Hall–Kier alpha value is -5.00. The van der Waals surface area contributed by atoms with Crippen molar-refractivity contribution in [3.63, 3.8) is 0 Å². The molecule has 6 aliphatic rings. The zero-order valence-electron chi connectivity index (χ0n) is 36.2. The van der Waals surface area contributed by atoms with Crippen LogP contribution >= 0.6 is 0 Å². The lowest BCUT2D eigenvalue weighted by molar-refractivity contribution is -0.143. The summed E-state index contributed by atoms with van der Waals surface area (Å²) in [6, 6.07) is 14.1. The molecule has 16 heteroatoms. The second-order valence-electron chi connectivity index (χ2n) is 18.9. The van der Waals surface area contributed by atoms with Crippen molar-refractivity contribution in [1.82, 2.24) is 29.4 Å². The van der Waals surface area contributed by atoms with E-state index in [9.17, 15) is 38.5 Å². The number of hydrogen-bond acceptors (Lipinski definition) is 10. The summed E-state index contributed by atoms with van der Waals surface area (Å²) in [4.78, 5) is 63.2. The lowest BCUT2D eigenvalue weighted by Crippen LogP contribution is -2.57. The Morgan fingerprint density at radius 3 is 1.53 bits per heavy atom. The summed E-state index contributed by atoms with van der Waals surface area (Å²) in [7, 11) is 0. The van der Waals surface area contributed by atoms with Gasteiger partial charge in [-0.15, -0.1) is 0 Å². The van der Waals surface area contributed by atoms with Crippen LogP contribution in [0.15, 0.2) is 48.5 Å². The number of hydrogen-bond donors (Lipinski definition) is 2. The molecule has 2 aromatic carbocycles. The van der Waals surface area contributed by atoms with Crippen molar-refractivity contribution in [3.05, 3.63) is 71.3 Å². The third-order valence-electron chi connectivity index (χ3n) is 13.8. The maximum atomic E-state index is 13.5. The zero-order chi connectivity index (χ0) is 44.6. The molecule has 6 heterocycles. The molecule has 62 heavy (non-hydrogen) atoms. The van der Waals surface area contributed by atoms with E-state index in [0.717, 1.165) is 36.8 Å². The Bertz CT molecular complexity index is 2070. The molecular formula is C46H60F2N10O4. The SMILES string of the molecule is CC(C)(C)[C@@H](c1ccc(F)cc1)N1C(=O)[C@@H]2C[C@H]1CN2C[C@H](N)C(=O)N1CCC[C@H]1C#N.CC[C@@H](c1ccc(F)cc1)N1C(=O)[C@@H]2C[C@H]1CN2C[C@H](N)C(=O)N1CCC[C@H]1C#N. The van der Waals surface area contributed by atoms with Crippen molar-refractivity contribution in [2.24, 2.45) is 16.9 Å². The summed E-state index contributed by atoms with van der Waals surface area (Å²) in [6.07, 6.45) is 5.20. The van der Waals surface area contributed by atoms with E-state index in [1.165, 1.54) is 24.3 Å². The molecule has 8 rings (SSSR count). The maximum absolute atomic E-state index is 13.5. The minimum absolute atomic E-state index is 0.0303. The van der Waals surface area contributed by atoms with E-state index in [-0.39, 0.29) is 76.9 Å². The predicted octanol–water partition coefficient (Wildman–Crippen LogP) is 3.44. The van der Waals surface area contributed by atoms with Gasteiger partial charge in [0.1, 0.15) is 23.7 Å². The molecule has 0 saturated carbocycles. The molecule has 0 spiro atoms. The molecule has 10 atom stereocenters. The first-order valence-corrected chi connectivity index (χ1v) is 22.1. The van der Waals surface area contributed by atoms with E-state index in [1.807, 2.05) is 26.5 Å². The lowest BCUT2D eigenvalue weighted by atomic mass is 9.80. The number of nitrogens with zero attached hydrogens (tertiary/aromatic N) is 8. The lowest BCUT2D eigenvalue weighted by Gasteiger charge is -2.45. The van der Waals surface area contributed by atoms with Crippen molar-refractivity contribution >= 4 is 23.6 Å². The molecule has 6 fully saturated rings. The number of carbonyl (C=O) groups excluding carboxylic acids is 4. The third kappa shape index (κ3) is 8.80. The minimum Gasteiger partial charge on any atom is -0.330 e. The highest BCUT2D eigenvalue weighted by molar-refractivity contribution is 5.88. The molecule has 4 N–H and O–H groups in total. The number of amides is 4. The van der Waals surface area contributed by atoms with Crippen LogP contribution in [0.1, 0.15) is 95.9 Å². The van der Waals surface area contributed by atoms with E-state index in [2.05, 4.69) is 32.9 Å². The number of likely N-dealkylation sites (tertiary alicyclic amines) is 6. The highest BCUT2D eigenvalue weighted by atomic mass is 19.1. The van der Waals surface area contributed by atoms with Crippen LogP contribution < -0.4 is 11.5 Å². The average molecular weight is 855 g/mol. The molecule has 332 valence electrons. The van der Waals surface area contributed by atoms with Crippen LogP contribution in [0, 0.1) is 39.7 Å². The van der Waals surface area contributed by atoms with Gasteiger partial charge in [0, 0.05) is 51.4 Å². The number of benzene rings is 2. The number of carbonyl (C=O) groups is 4. The molecular weight excluding hydrogens is 795 g/mol. The maximum Gasteiger partial charge on any atom is 0.241 e. The van der Waals surface area contributed by atoms with Gasteiger partial charge in [-0.1, -0.05) is 52.0 Å². The summed E-state index contributed by atoms with van der Waals surface area (Å²) in [5.74, 6) is -0.898. The van der Waals surface area contributed by atoms with Gasteiger partial charge in [0.15, 0.2) is 0 Å². The molecule has 0 radical (unpaired) electrons. The molecule has 4 bridgehead atoms. The van der Waals surface area contributed by atoms with Crippen LogP contribution in [-0.2, 0) is 19.2 Å². The van der Waals surface area contributed by atoms with Gasteiger partial charge in [-0.2, -0.15) is 10.5 Å². The second-order valence-corrected chi connectivity index (χ2v) is 18.9. The summed E-state index contributed by atoms with van der Waals surface area (Å²) in [5.41, 5.74) is 14.1. The van der Waals surface area contributed by atoms with Gasteiger partial charge in [-0.05, 0) is 85.8 Å². The Labute approximate surface area is 363 Å². The average Bonchev–Trinajstić information content (AvgIpc) is 4.12. The number of nitrogens with two attached hydrogens (primary N) is 2. The van der Waals surface area contributed by atoms with Gasteiger partial charge in [0.25, 0.3) is 0 Å². The fourth-order valence-electron chi connectivity index (χ4n) is 10.9. The van der Waals surface area contributed by atoms with E-state index in [4.69, 9.17) is 11.5 Å². The number of fused-ring (bicyclic) bond motifs is 4. The van der Waals surface area contributed by atoms with Crippen LogP contribution in [0.25, 0.3) is 0 Å². The van der Waals surface area contributed by atoms with Crippen LogP contribution in [-0.4, -0.2) is 141 Å². The van der Waals surface area contributed by atoms with Crippen LogP contribution in [0.2, 0.25) is 0 Å². The molecule has 6 aliphatic heterocycles. The molecule has 6 saturated heterocycles. The van der Waals surface area contributed by atoms with Crippen molar-refractivity contribution in [2.45, 2.75) is 133 Å². The topological polar surface area (TPSA) is 187 Å². The number of piperazine rings is 2. The van der Waals surface area contributed by atoms with E-state index >= 15 is 0 Å². The van der Waals surface area contributed by atoms with E-state index in [0.29, 0.717) is 58.5 Å². The Morgan fingerprint density at radius 1 is 0.726 bits per heavy atom. The van der Waals surface area contributed by atoms with Crippen LogP contribution in [0.5, 0.6) is 0 Å². The standard InChI is InChI=1S/C24H32FN5O2.C22H28FN5O2/c1-24(2,3)21(15-6-8-16(25)9-7-15)30-18-11-20(23(30)32)28(13-18)14-19(27)22(31)29-10-4-5-17(29)12-26;1-2-19(14-5-7-15(23)8-6-14)28-17-10-20(22(28)30)26(12-17)13-18(25)21(29)27-9-3-4-16(27)11-24/h6-9,17-21H,4-5,10-11,13-14,27H2,1-3H3;5-8,16-20H,2-4,9-10,12-13,25H2,1H3/t17-,18-,19-,20-,21+;16-,17-,18-,19-,20-/m00/s1. The summed E-state index contributed by atoms with van der Waals surface area (Å²) < 4.78 is 26.8. The van der Waals surface area contributed by atoms with Crippen molar-refractivity contribution in [1.29, 1.82) is 10.5 Å². The monoisotopic (exact) mass is 854 g/mol. The first-order valence-electron chi connectivity index (χ1n) is 22.1. The fraction of sp³-hybridized carbons (Fsp3) is 0.609. The van der Waals surface area contributed by atoms with E-state index < -0.39 is 24.2 Å². The van der Waals surface area contributed by atoms with Crippen molar-refractivity contribution in [2.75, 3.05) is 39.3 Å². The van der Waals surface area contributed by atoms with Gasteiger partial charge in [-0.25, -0.2) is 8.78 Å². The molecule has 2 aromatic rings.